The van der Waals surface area contributed by atoms with Gasteiger partial charge in [0.05, 0.1) is 32.4 Å². The van der Waals surface area contributed by atoms with Gasteiger partial charge in [-0.25, -0.2) is 9.69 Å². The van der Waals surface area contributed by atoms with Gasteiger partial charge in [0.15, 0.2) is 6.10 Å². The first-order valence-electron chi connectivity index (χ1n) is 11.3. The van der Waals surface area contributed by atoms with Crippen LogP contribution in [0.25, 0.3) is 0 Å². The second-order valence-corrected chi connectivity index (χ2v) is 9.62. The molecule has 0 N–H and O–H groups in total. The summed E-state index contributed by atoms with van der Waals surface area (Å²) in [6, 6.07) is 23.3. The molecule has 188 valence electrons. The summed E-state index contributed by atoms with van der Waals surface area (Å²) in [6.07, 6.45) is -1.22. The summed E-state index contributed by atoms with van der Waals surface area (Å²) in [6.45, 7) is 0. The molecule has 1 aliphatic rings. The quantitative estimate of drug-likeness (QED) is 0.140. The molecular formula is C29H16Cl3NO5. The number of carbonyl (C=O) groups is 4. The fraction of sp³-hybridized carbons (Fsp3) is 0.0345. The second kappa shape index (κ2) is 10.4. The standard InChI is InChI=1S/C29H16Cl3NO5/c30-19-10-6-17(7-11-19)26(25(34)16-4-2-1-3-5-16)38-29(37)18-8-12-20(13-9-18)33-27(35)21-14-23(31)24(32)15-22(21)28(33)36/h1-15,26H/t26-/m1/s1. The molecule has 0 saturated carbocycles. The van der Waals surface area contributed by atoms with E-state index in [1.165, 1.54) is 36.4 Å². The van der Waals surface area contributed by atoms with E-state index < -0.39 is 29.7 Å². The highest BCUT2D eigenvalue weighted by atomic mass is 35.5. The average molecular weight is 565 g/mol. The van der Waals surface area contributed by atoms with E-state index in [4.69, 9.17) is 39.5 Å². The summed E-state index contributed by atoms with van der Waals surface area (Å²) in [5, 5.41) is 0.790. The second-order valence-electron chi connectivity index (χ2n) is 8.37. The van der Waals surface area contributed by atoms with E-state index in [0.29, 0.717) is 16.1 Å². The molecule has 0 spiro atoms. The zero-order chi connectivity index (χ0) is 27.0. The zero-order valence-electron chi connectivity index (χ0n) is 19.4. The molecule has 0 aliphatic carbocycles. The van der Waals surface area contributed by atoms with Crippen molar-refractivity contribution in [3.8, 4) is 0 Å². The first-order chi connectivity index (χ1) is 18.2. The summed E-state index contributed by atoms with van der Waals surface area (Å²) in [7, 11) is 0. The summed E-state index contributed by atoms with van der Waals surface area (Å²) < 4.78 is 5.65. The molecular weight excluding hydrogens is 549 g/mol. The number of fused-ring (bicyclic) bond motifs is 1. The van der Waals surface area contributed by atoms with Gasteiger partial charge >= 0.3 is 5.97 Å². The summed E-state index contributed by atoms with van der Waals surface area (Å²) in [5.41, 5.74) is 1.47. The highest BCUT2D eigenvalue weighted by Crippen LogP contribution is 2.34. The topological polar surface area (TPSA) is 80.8 Å². The van der Waals surface area contributed by atoms with Crippen LogP contribution in [0.15, 0.2) is 91.0 Å². The number of halogens is 3. The number of hydrogen-bond donors (Lipinski definition) is 0. The molecule has 9 heteroatoms. The fourth-order valence-electron chi connectivity index (χ4n) is 4.05. The Morgan fingerprint density at radius 2 is 1.24 bits per heavy atom. The number of rotatable bonds is 6. The predicted molar refractivity (Wildman–Crippen MR) is 144 cm³/mol. The van der Waals surface area contributed by atoms with Crippen LogP contribution in [0.4, 0.5) is 5.69 Å². The van der Waals surface area contributed by atoms with Crippen molar-refractivity contribution >= 4 is 64.1 Å². The number of amides is 2. The van der Waals surface area contributed by atoms with Crippen LogP contribution < -0.4 is 4.90 Å². The number of benzene rings is 4. The van der Waals surface area contributed by atoms with E-state index in [0.717, 1.165) is 4.90 Å². The smallest absolute Gasteiger partial charge is 0.339 e. The lowest BCUT2D eigenvalue weighted by Crippen LogP contribution is -2.29. The molecule has 38 heavy (non-hydrogen) atoms. The highest BCUT2D eigenvalue weighted by Gasteiger charge is 2.37. The minimum atomic E-state index is -1.22. The van der Waals surface area contributed by atoms with Crippen LogP contribution >= 0.6 is 34.8 Å². The van der Waals surface area contributed by atoms with E-state index >= 15 is 0 Å². The SMILES string of the molecule is O=C(O[C@@H](C(=O)c1ccccc1)c1ccc(Cl)cc1)c1ccc(N2C(=O)c3cc(Cl)c(Cl)cc3C2=O)cc1. The predicted octanol–water partition coefficient (Wildman–Crippen LogP) is 7.23. The van der Waals surface area contributed by atoms with Crippen molar-refractivity contribution in [2.45, 2.75) is 6.10 Å². The lowest BCUT2D eigenvalue weighted by atomic mass is 9.99. The third kappa shape index (κ3) is 4.82. The lowest BCUT2D eigenvalue weighted by molar-refractivity contribution is 0.0280. The van der Waals surface area contributed by atoms with Crippen molar-refractivity contribution in [2.24, 2.45) is 0 Å². The summed E-state index contributed by atoms with van der Waals surface area (Å²) >= 11 is 18.0. The summed E-state index contributed by atoms with van der Waals surface area (Å²) in [4.78, 5) is 53.1. The third-order valence-corrected chi connectivity index (χ3v) is 6.96. The molecule has 6 nitrogen and oxygen atoms in total. The molecule has 4 aromatic rings. The van der Waals surface area contributed by atoms with Gasteiger partial charge < -0.3 is 4.74 Å². The van der Waals surface area contributed by atoms with Crippen LogP contribution in [0.3, 0.4) is 0 Å². The van der Waals surface area contributed by atoms with Crippen LogP contribution in [-0.4, -0.2) is 23.6 Å². The number of anilines is 1. The van der Waals surface area contributed by atoms with Gasteiger partial charge in [-0.2, -0.15) is 0 Å². The molecule has 0 unspecified atom stereocenters. The number of Topliss-reactive ketones (excluding diaryl/α,β-unsaturated/α-hetero) is 1. The van der Waals surface area contributed by atoms with Crippen LogP contribution in [0.1, 0.15) is 53.1 Å². The van der Waals surface area contributed by atoms with Crippen molar-refractivity contribution < 1.29 is 23.9 Å². The maximum atomic E-state index is 13.2. The molecule has 4 aromatic carbocycles. The molecule has 0 saturated heterocycles. The maximum Gasteiger partial charge on any atom is 0.339 e. The Balaban J connectivity index is 1.39. The lowest BCUT2D eigenvalue weighted by Gasteiger charge is -2.18. The van der Waals surface area contributed by atoms with Crippen molar-refractivity contribution in [2.75, 3.05) is 4.90 Å². The van der Waals surface area contributed by atoms with E-state index in [9.17, 15) is 19.2 Å². The van der Waals surface area contributed by atoms with Crippen LogP contribution in [0.2, 0.25) is 15.1 Å². The summed E-state index contributed by atoms with van der Waals surface area (Å²) in [5.74, 6) is -2.28. The molecule has 0 bridgehead atoms. The van der Waals surface area contributed by atoms with Crippen LogP contribution in [0, 0.1) is 0 Å². The van der Waals surface area contributed by atoms with Crippen molar-refractivity contribution in [3.05, 3.63) is 134 Å². The van der Waals surface area contributed by atoms with Gasteiger partial charge in [0.25, 0.3) is 11.8 Å². The van der Waals surface area contributed by atoms with Gasteiger partial charge in [0, 0.05) is 16.1 Å². The molecule has 1 atom stereocenters. The Morgan fingerprint density at radius 3 is 1.79 bits per heavy atom. The van der Waals surface area contributed by atoms with Gasteiger partial charge in [-0.1, -0.05) is 77.3 Å². The number of ether oxygens (including phenoxy) is 1. The van der Waals surface area contributed by atoms with Crippen LogP contribution in [-0.2, 0) is 4.74 Å². The van der Waals surface area contributed by atoms with E-state index in [-0.39, 0.29) is 32.4 Å². The molecule has 0 fully saturated rings. The number of esters is 1. The third-order valence-electron chi connectivity index (χ3n) is 5.98. The monoisotopic (exact) mass is 563 g/mol. The average Bonchev–Trinajstić information content (AvgIpc) is 3.16. The maximum absolute atomic E-state index is 13.2. The molecule has 2 amide bonds. The molecule has 0 aromatic heterocycles. The Kier molecular flexibility index (Phi) is 7.04. The number of carbonyl (C=O) groups excluding carboxylic acids is 4. The zero-order valence-corrected chi connectivity index (χ0v) is 21.6. The van der Waals surface area contributed by atoms with Gasteiger partial charge in [0.1, 0.15) is 0 Å². The van der Waals surface area contributed by atoms with Crippen LogP contribution in [0.5, 0.6) is 0 Å². The molecule has 0 radical (unpaired) electrons. The van der Waals surface area contributed by atoms with Crippen molar-refractivity contribution in [3.63, 3.8) is 0 Å². The van der Waals surface area contributed by atoms with Crippen molar-refractivity contribution in [1.29, 1.82) is 0 Å². The first-order valence-corrected chi connectivity index (χ1v) is 12.4. The minimum Gasteiger partial charge on any atom is -0.445 e. The van der Waals surface area contributed by atoms with Gasteiger partial charge in [-0.3, -0.25) is 14.4 Å². The number of hydrogen-bond acceptors (Lipinski definition) is 5. The Bertz CT molecular complexity index is 1540. The van der Waals surface area contributed by atoms with Gasteiger partial charge in [-0.15, -0.1) is 0 Å². The van der Waals surface area contributed by atoms with E-state index in [2.05, 4.69) is 0 Å². The van der Waals surface area contributed by atoms with E-state index in [1.54, 1.807) is 54.6 Å². The van der Waals surface area contributed by atoms with Crippen molar-refractivity contribution in [1.82, 2.24) is 0 Å². The molecule has 1 aliphatic heterocycles. The minimum absolute atomic E-state index is 0.122. The largest absolute Gasteiger partial charge is 0.445 e. The Labute approximate surface area is 232 Å². The number of imide groups is 1. The van der Waals surface area contributed by atoms with E-state index in [1.807, 2.05) is 0 Å². The van der Waals surface area contributed by atoms with Gasteiger partial charge in [0.2, 0.25) is 5.78 Å². The normalized spacial score (nSPS) is 13.3. The highest BCUT2D eigenvalue weighted by molar-refractivity contribution is 6.44. The first kappa shape index (κ1) is 25.7. The fourth-order valence-corrected chi connectivity index (χ4v) is 4.51. The Hall–Kier alpha value is -3.97. The van der Waals surface area contributed by atoms with Gasteiger partial charge in [-0.05, 0) is 48.5 Å². The Morgan fingerprint density at radius 1 is 0.684 bits per heavy atom. The number of ketones is 1. The molecule has 1 heterocycles. The molecule has 5 rings (SSSR count). The number of nitrogens with zero attached hydrogens (tertiary/aromatic N) is 1.